The highest BCUT2D eigenvalue weighted by molar-refractivity contribution is 7.98. The van der Waals surface area contributed by atoms with Crippen LogP contribution >= 0.6 is 23.4 Å². The van der Waals surface area contributed by atoms with E-state index in [1.807, 2.05) is 68.4 Å². The Morgan fingerprint density at radius 2 is 1.76 bits per heavy atom. The molecule has 0 aromatic heterocycles. The van der Waals surface area contributed by atoms with Crippen LogP contribution in [-0.4, -0.2) is 12.5 Å². The van der Waals surface area contributed by atoms with Gasteiger partial charge in [0, 0.05) is 32.5 Å². The molecule has 0 saturated heterocycles. The molecule has 0 bridgehead atoms. The average molecular weight is 426 g/mol. The van der Waals surface area contributed by atoms with Gasteiger partial charge in [-0.3, -0.25) is 4.79 Å². The van der Waals surface area contributed by atoms with Crippen LogP contribution in [0.25, 0.3) is 0 Å². The monoisotopic (exact) mass is 425 g/mol. The summed E-state index contributed by atoms with van der Waals surface area (Å²) in [5.41, 5.74) is 4.74. The molecular formula is C24H24ClNO2S. The summed E-state index contributed by atoms with van der Waals surface area (Å²) in [6, 6.07) is 19.2. The molecule has 0 saturated carbocycles. The van der Waals surface area contributed by atoms with E-state index in [4.69, 9.17) is 16.3 Å². The maximum Gasteiger partial charge on any atom is 0.255 e. The topological polar surface area (TPSA) is 38.3 Å². The Balaban J connectivity index is 1.78. The first kappa shape index (κ1) is 21.3. The highest BCUT2D eigenvalue weighted by Crippen LogP contribution is 2.30. The average Bonchev–Trinajstić information content (AvgIpc) is 2.71. The molecule has 3 aromatic carbocycles. The normalized spacial score (nSPS) is 10.6. The lowest BCUT2D eigenvalue weighted by Gasteiger charge is -2.13. The molecule has 0 aliphatic heterocycles. The van der Waals surface area contributed by atoms with E-state index < -0.39 is 0 Å². The van der Waals surface area contributed by atoms with Gasteiger partial charge in [-0.1, -0.05) is 17.7 Å². The van der Waals surface area contributed by atoms with Crippen LogP contribution in [-0.2, 0) is 5.75 Å². The molecular weight excluding hydrogens is 402 g/mol. The van der Waals surface area contributed by atoms with Crippen molar-refractivity contribution in [1.29, 1.82) is 0 Å². The zero-order valence-electron chi connectivity index (χ0n) is 16.8. The molecule has 3 aromatic rings. The highest BCUT2D eigenvalue weighted by atomic mass is 35.5. The van der Waals surface area contributed by atoms with Crippen molar-refractivity contribution in [3.8, 4) is 5.75 Å². The van der Waals surface area contributed by atoms with Gasteiger partial charge in [-0.25, -0.2) is 0 Å². The molecule has 0 heterocycles. The SMILES string of the molecule is CCOc1ccc(C(=O)Nc2ccc(C)c(C)c2)cc1CSc1ccc(Cl)cc1. The van der Waals surface area contributed by atoms with Gasteiger partial charge in [0.25, 0.3) is 5.91 Å². The van der Waals surface area contributed by atoms with Crippen LogP contribution < -0.4 is 10.1 Å². The lowest BCUT2D eigenvalue weighted by atomic mass is 10.1. The van der Waals surface area contributed by atoms with Crippen LogP contribution in [0.3, 0.4) is 0 Å². The molecule has 3 nitrogen and oxygen atoms in total. The number of carbonyl (C=O) groups is 1. The van der Waals surface area contributed by atoms with Crippen molar-refractivity contribution in [2.45, 2.75) is 31.4 Å². The quantitative estimate of drug-likeness (QED) is 0.418. The number of hydrogen-bond donors (Lipinski definition) is 1. The Labute approximate surface area is 181 Å². The Hall–Kier alpha value is -2.43. The number of carbonyl (C=O) groups excluding carboxylic acids is 1. The Morgan fingerprint density at radius 3 is 2.45 bits per heavy atom. The fourth-order valence-electron chi connectivity index (χ4n) is 2.84. The Bertz CT molecular complexity index is 1000. The molecule has 1 amide bonds. The molecule has 0 spiro atoms. The van der Waals surface area contributed by atoms with E-state index in [2.05, 4.69) is 12.2 Å². The third-order valence-corrected chi connectivity index (χ3v) is 5.91. The second-order valence-electron chi connectivity index (χ2n) is 6.75. The number of nitrogens with one attached hydrogen (secondary N) is 1. The first-order valence-electron chi connectivity index (χ1n) is 9.49. The predicted octanol–water partition coefficient (Wildman–Crippen LogP) is 6.90. The number of amides is 1. The number of benzene rings is 3. The molecule has 0 fully saturated rings. The van der Waals surface area contributed by atoms with Crippen molar-refractivity contribution < 1.29 is 9.53 Å². The molecule has 1 N–H and O–H groups in total. The number of rotatable bonds is 7. The summed E-state index contributed by atoms with van der Waals surface area (Å²) in [7, 11) is 0. The summed E-state index contributed by atoms with van der Waals surface area (Å²) < 4.78 is 5.76. The smallest absolute Gasteiger partial charge is 0.255 e. The maximum atomic E-state index is 12.8. The van der Waals surface area contributed by atoms with Crippen molar-refractivity contribution in [3.05, 3.63) is 87.9 Å². The summed E-state index contributed by atoms with van der Waals surface area (Å²) in [6.45, 7) is 6.62. The number of halogens is 1. The van der Waals surface area contributed by atoms with Gasteiger partial charge in [0.15, 0.2) is 0 Å². The van der Waals surface area contributed by atoms with Gasteiger partial charge < -0.3 is 10.1 Å². The van der Waals surface area contributed by atoms with Crippen molar-refractivity contribution in [2.24, 2.45) is 0 Å². The number of thioether (sulfide) groups is 1. The summed E-state index contributed by atoms with van der Waals surface area (Å²) in [4.78, 5) is 13.9. The number of ether oxygens (including phenoxy) is 1. The third kappa shape index (κ3) is 5.78. The first-order valence-corrected chi connectivity index (χ1v) is 10.9. The van der Waals surface area contributed by atoms with Crippen LogP contribution in [0.2, 0.25) is 5.02 Å². The van der Waals surface area contributed by atoms with Gasteiger partial charge >= 0.3 is 0 Å². The Kier molecular flexibility index (Phi) is 7.24. The highest BCUT2D eigenvalue weighted by Gasteiger charge is 2.12. The van der Waals surface area contributed by atoms with Gasteiger partial charge in [0.05, 0.1) is 6.61 Å². The second kappa shape index (κ2) is 9.86. The lowest BCUT2D eigenvalue weighted by Crippen LogP contribution is -2.12. The molecule has 0 unspecified atom stereocenters. The molecule has 29 heavy (non-hydrogen) atoms. The van der Waals surface area contributed by atoms with Crippen LogP contribution in [0.1, 0.15) is 34.0 Å². The van der Waals surface area contributed by atoms with E-state index >= 15 is 0 Å². The van der Waals surface area contributed by atoms with Crippen LogP contribution in [0.15, 0.2) is 65.6 Å². The molecule has 5 heteroatoms. The number of aryl methyl sites for hydroxylation is 2. The zero-order valence-corrected chi connectivity index (χ0v) is 18.4. The van der Waals surface area contributed by atoms with Crippen molar-refractivity contribution in [1.82, 2.24) is 0 Å². The zero-order chi connectivity index (χ0) is 20.8. The summed E-state index contributed by atoms with van der Waals surface area (Å²) in [5, 5.41) is 3.70. The molecule has 0 atom stereocenters. The minimum atomic E-state index is -0.131. The molecule has 0 aliphatic rings. The van der Waals surface area contributed by atoms with E-state index in [0.717, 1.165) is 32.5 Å². The van der Waals surface area contributed by atoms with Crippen LogP contribution in [0.5, 0.6) is 5.75 Å². The first-order chi connectivity index (χ1) is 14.0. The predicted molar refractivity (Wildman–Crippen MR) is 122 cm³/mol. The molecule has 3 rings (SSSR count). The standard InChI is InChI=1S/C24H24ClNO2S/c1-4-28-23-12-6-18(24(27)26-21-9-5-16(2)17(3)13-21)14-19(23)15-29-22-10-7-20(25)8-11-22/h5-14H,4,15H2,1-3H3,(H,26,27). The second-order valence-corrected chi connectivity index (χ2v) is 8.24. The Morgan fingerprint density at radius 1 is 1.00 bits per heavy atom. The lowest BCUT2D eigenvalue weighted by molar-refractivity contribution is 0.102. The third-order valence-electron chi connectivity index (χ3n) is 4.60. The summed E-state index contributed by atoms with van der Waals surface area (Å²) in [6.07, 6.45) is 0. The molecule has 150 valence electrons. The van der Waals surface area contributed by atoms with Gasteiger partial charge in [0.2, 0.25) is 0 Å². The largest absolute Gasteiger partial charge is 0.494 e. The molecule has 0 aliphatic carbocycles. The minimum absolute atomic E-state index is 0.131. The van der Waals surface area contributed by atoms with E-state index in [1.165, 1.54) is 5.56 Å². The van der Waals surface area contributed by atoms with Gasteiger partial charge in [-0.05, 0) is 86.5 Å². The van der Waals surface area contributed by atoms with Crippen molar-refractivity contribution in [2.75, 3.05) is 11.9 Å². The number of hydrogen-bond acceptors (Lipinski definition) is 3. The molecule has 0 radical (unpaired) electrons. The van der Waals surface area contributed by atoms with Crippen molar-refractivity contribution >= 4 is 35.0 Å². The van der Waals surface area contributed by atoms with Gasteiger partial charge in [0.1, 0.15) is 5.75 Å². The van der Waals surface area contributed by atoms with E-state index in [-0.39, 0.29) is 5.91 Å². The summed E-state index contributed by atoms with van der Waals surface area (Å²) in [5.74, 6) is 1.37. The fraction of sp³-hybridized carbons (Fsp3) is 0.208. The van der Waals surface area contributed by atoms with Crippen LogP contribution in [0.4, 0.5) is 5.69 Å². The maximum absolute atomic E-state index is 12.8. The van der Waals surface area contributed by atoms with E-state index in [9.17, 15) is 4.79 Å². The minimum Gasteiger partial charge on any atom is -0.494 e. The fourth-order valence-corrected chi connectivity index (χ4v) is 3.85. The summed E-state index contributed by atoms with van der Waals surface area (Å²) >= 11 is 7.64. The number of anilines is 1. The van der Waals surface area contributed by atoms with Crippen LogP contribution in [0, 0.1) is 13.8 Å². The van der Waals surface area contributed by atoms with Gasteiger partial charge in [-0.15, -0.1) is 11.8 Å². The van der Waals surface area contributed by atoms with Crippen molar-refractivity contribution in [3.63, 3.8) is 0 Å². The van der Waals surface area contributed by atoms with Gasteiger partial charge in [-0.2, -0.15) is 0 Å². The van der Waals surface area contributed by atoms with E-state index in [0.29, 0.717) is 17.9 Å². The van der Waals surface area contributed by atoms with E-state index in [1.54, 1.807) is 17.8 Å².